The number of halogens is 2. The number of anilines is 1. The van der Waals surface area contributed by atoms with Crippen LogP contribution in [0.4, 0.5) is 14.5 Å². The Kier molecular flexibility index (Phi) is 6.40. The van der Waals surface area contributed by atoms with Gasteiger partial charge >= 0.3 is 5.56 Å². The minimum atomic E-state index is -0.741. The molecule has 2 heterocycles. The third-order valence-electron chi connectivity index (χ3n) is 4.88. The predicted molar refractivity (Wildman–Crippen MR) is 120 cm³/mol. The van der Waals surface area contributed by atoms with E-state index < -0.39 is 28.4 Å². The van der Waals surface area contributed by atoms with E-state index in [-0.39, 0.29) is 11.3 Å². The molecule has 4 rings (SSSR count). The van der Waals surface area contributed by atoms with Gasteiger partial charge in [-0.1, -0.05) is 30.8 Å². The molecule has 2 aromatic heterocycles. The van der Waals surface area contributed by atoms with Crippen LogP contribution in [0.15, 0.2) is 64.8 Å². The first kappa shape index (κ1) is 22.5. The number of hydrogen-bond donors (Lipinski definition) is 1. The molecule has 0 radical (unpaired) electrons. The molecular formula is C22H19F2N5O3S. The van der Waals surface area contributed by atoms with Crippen LogP contribution in [0, 0.1) is 11.6 Å². The maximum atomic E-state index is 13.9. The van der Waals surface area contributed by atoms with Gasteiger partial charge in [0, 0.05) is 18.5 Å². The van der Waals surface area contributed by atoms with Gasteiger partial charge in [-0.05, 0) is 30.7 Å². The fourth-order valence-electron chi connectivity index (χ4n) is 3.22. The number of ether oxygens (including phenoxy) is 1. The van der Waals surface area contributed by atoms with Crippen molar-refractivity contribution < 1.29 is 18.3 Å². The molecule has 0 aliphatic heterocycles. The first-order chi connectivity index (χ1) is 15.9. The summed E-state index contributed by atoms with van der Waals surface area (Å²) in [6, 6.07) is 9.88. The molecule has 0 spiro atoms. The van der Waals surface area contributed by atoms with Gasteiger partial charge in [-0.15, -0.1) is 10.2 Å². The van der Waals surface area contributed by atoms with Crippen molar-refractivity contribution in [3.05, 3.63) is 76.8 Å². The molecule has 33 heavy (non-hydrogen) atoms. The molecular weight excluding hydrogens is 452 g/mol. The van der Waals surface area contributed by atoms with E-state index in [0.29, 0.717) is 23.0 Å². The van der Waals surface area contributed by atoms with E-state index in [9.17, 15) is 18.4 Å². The Morgan fingerprint density at radius 1 is 1.18 bits per heavy atom. The van der Waals surface area contributed by atoms with E-state index in [4.69, 9.17) is 4.74 Å². The molecule has 0 aliphatic carbocycles. The number of fused-ring (bicyclic) bond motifs is 1. The lowest BCUT2D eigenvalue weighted by atomic mass is 10.2. The summed E-state index contributed by atoms with van der Waals surface area (Å²) >= 11 is 1.07. The normalized spacial score (nSPS) is 12.0. The maximum absolute atomic E-state index is 13.9. The van der Waals surface area contributed by atoms with Crippen LogP contribution < -0.4 is 15.6 Å². The molecule has 11 heteroatoms. The molecule has 0 fully saturated rings. The lowest BCUT2D eigenvalue weighted by molar-refractivity contribution is -0.115. The lowest BCUT2D eigenvalue weighted by Gasteiger charge is -2.14. The van der Waals surface area contributed by atoms with E-state index in [1.54, 1.807) is 43.6 Å². The number of para-hydroxylation sites is 2. The standard InChI is InChI=1S/C22H19F2N5O3S/c1-3-18(20(30)25-15-12-13(23)8-9-14(15)24)33-22-27-26-19-21(31)28(10-11-29(19)22)16-6-4-5-7-17(16)32-2/h4-12,18H,3H2,1-2H3,(H,25,30)/t18-/m0/s1. The van der Waals surface area contributed by atoms with Crippen LogP contribution in [-0.2, 0) is 4.79 Å². The van der Waals surface area contributed by atoms with Crippen LogP contribution in [0.25, 0.3) is 11.3 Å². The number of rotatable bonds is 7. The van der Waals surface area contributed by atoms with E-state index >= 15 is 0 Å². The van der Waals surface area contributed by atoms with Gasteiger partial charge in [0.1, 0.15) is 17.4 Å². The highest BCUT2D eigenvalue weighted by Crippen LogP contribution is 2.26. The van der Waals surface area contributed by atoms with Crippen LogP contribution in [0.5, 0.6) is 5.75 Å². The van der Waals surface area contributed by atoms with Gasteiger partial charge in [0.15, 0.2) is 5.16 Å². The number of hydrogen-bond acceptors (Lipinski definition) is 6. The number of carbonyl (C=O) groups is 1. The number of thioether (sulfide) groups is 1. The Morgan fingerprint density at radius 2 is 1.97 bits per heavy atom. The Bertz CT molecular complexity index is 1390. The predicted octanol–water partition coefficient (Wildman–Crippen LogP) is 3.68. The number of methoxy groups -OCH3 is 1. The van der Waals surface area contributed by atoms with E-state index in [1.165, 1.54) is 16.1 Å². The molecule has 1 amide bonds. The van der Waals surface area contributed by atoms with Crippen LogP contribution in [0.1, 0.15) is 13.3 Å². The minimum Gasteiger partial charge on any atom is -0.495 e. The van der Waals surface area contributed by atoms with Gasteiger partial charge in [-0.2, -0.15) is 0 Å². The summed E-state index contributed by atoms with van der Waals surface area (Å²) in [4.78, 5) is 25.7. The number of benzene rings is 2. The van der Waals surface area contributed by atoms with Crippen molar-refractivity contribution in [2.24, 2.45) is 0 Å². The summed E-state index contributed by atoms with van der Waals surface area (Å²) in [5, 5.41) is 10.1. The SMILES string of the molecule is CC[C@H](Sc1nnc2c(=O)n(-c3ccccc3OC)ccn12)C(=O)Nc1cc(F)ccc1F. The fraction of sp³-hybridized carbons (Fsp3) is 0.182. The highest BCUT2D eigenvalue weighted by molar-refractivity contribution is 8.00. The average molecular weight is 471 g/mol. The average Bonchev–Trinajstić information content (AvgIpc) is 3.23. The second-order valence-electron chi connectivity index (χ2n) is 6.95. The second-order valence-corrected chi connectivity index (χ2v) is 8.12. The highest BCUT2D eigenvalue weighted by atomic mass is 32.2. The summed E-state index contributed by atoms with van der Waals surface area (Å²) in [5.41, 5.74) is -0.0458. The third-order valence-corrected chi connectivity index (χ3v) is 6.20. The Labute approximate surface area is 191 Å². The van der Waals surface area contributed by atoms with Crippen molar-refractivity contribution >= 4 is 29.0 Å². The molecule has 0 bridgehead atoms. The van der Waals surface area contributed by atoms with Crippen molar-refractivity contribution in [2.45, 2.75) is 23.8 Å². The fourth-order valence-corrected chi connectivity index (χ4v) is 4.16. The molecule has 1 N–H and O–H groups in total. The molecule has 4 aromatic rings. The molecule has 0 unspecified atom stereocenters. The van der Waals surface area contributed by atoms with Crippen molar-refractivity contribution in [1.29, 1.82) is 0 Å². The maximum Gasteiger partial charge on any atom is 0.300 e. The molecule has 0 aliphatic rings. The zero-order chi connectivity index (χ0) is 23.5. The van der Waals surface area contributed by atoms with Gasteiger partial charge in [-0.3, -0.25) is 18.6 Å². The van der Waals surface area contributed by atoms with Gasteiger partial charge in [0.05, 0.1) is 23.7 Å². The minimum absolute atomic E-state index is 0.0670. The topological polar surface area (TPSA) is 90.5 Å². The van der Waals surface area contributed by atoms with Crippen LogP contribution in [-0.4, -0.2) is 37.4 Å². The third kappa shape index (κ3) is 4.44. The highest BCUT2D eigenvalue weighted by Gasteiger charge is 2.23. The Morgan fingerprint density at radius 3 is 2.73 bits per heavy atom. The van der Waals surface area contributed by atoms with Crippen LogP contribution >= 0.6 is 11.8 Å². The Balaban J connectivity index is 1.62. The second kappa shape index (κ2) is 9.41. The summed E-state index contributed by atoms with van der Waals surface area (Å²) in [5.74, 6) is -1.41. The largest absolute Gasteiger partial charge is 0.495 e. The molecule has 2 aromatic carbocycles. The summed E-state index contributed by atoms with van der Waals surface area (Å²) < 4.78 is 35.5. The zero-order valence-corrected chi connectivity index (χ0v) is 18.5. The van der Waals surface area contributed by atoms with E-state index in [1.807, 2.05) is 0 Å². The summed E-state index contributed by atoms with van der Waals surface area (Å²) in [6.45, 7) is 1.77. The first-order valence-corrected chi connectivity index (χ1v) is 10.8. The lowest BCUT2D eigenvalue weighted by Crippen LogP contribution is -2.25. The van der Waals surface area contributed by atoms with Gasteiger partial charge in [0.25, 0.3) is 0 Å². The zero-order valence-electron chi connectivity index (χ0n) is 17.7. The van der Waals surface area contributed by atoms with Crippen molar-refractivity contribution in [1.82, 2.24) is 19.2 Å². The van der Waals surface area contributed by atoms with E-state index in [0.717, 1.165) is 30.0 Å². The quantitative estimate of drug-likeness (QED) is 0.414. The number of aromatic nitrogens is 4. The van der Waals surface area contributed by atoms with E-state index in [2.05, 4.69) is 15.5 Å². The Hall–Kier alpha value is -3.73. The van der Waals surface area contributed by atoms with Gasteiger partial charge in [-0.25, -0.2) is 8.78 Å². The smallest absolute Gasteiger partial charge is 0.300 e. The van der Waals surface area contributed by atoms with Crippen molar-refractivity contribution in [3.8, 4) is 11.4 Å². The molecule has 0 saturated carbocycles. The number of nitrogens with zero attached hydrogens (tertiary/aromatic N) is 4. The first-order valence-electron chi connectivity index (χ1n) is 9.95. The van der Waals surface area contributed by atoms with Crippen LogP contribution in [0.3, 0.4) is 0 Å². The van der Waals surface area contributed by atoms with Gasteiger partial charge < -0.3 is 10.1 Å². The molecule has 1 atom stereocenters. The number of carbonyl (C=O) groups excluding carboxylic acids is 1. The number of amides is 1. The van der Waals surface area contributed by atoms with Crippen molar-refractivity contribution in [3.63, 3.8) is 0 Å². The molecule has 0 saturated heterocycles. The van der Waals surface area contributed by atoms with Crippen LogP contribution in [0.2, 0.25) is 0 Å². The van der Waals surface area contributed by atoms with Crippen molar-refractivity contribution in [2.75, 3.05) is 12.4 Å². The summed E-state index contributed by atoms with van der Waals surface area (Å²) in [7, 11) is 1.51. The molecule has 8 nitrogen and oxygen atoms in total. The molecule has 170 valence electrons. The monoisotopic (exact) mass is 471 g/mol. The van der Waals surface area contributed by atoms with Gasteiger partial charge in [0.2, 0.25) is 11.6 Å². The summed E-state index contributed by atoms with van der Waals surface area (Å²) in [6.07, 6.45) is 3.55. The number of nitrogens with one attached hydrogen (secondary N) is 1.